The molecule has 1 atom stereocenters. The van der Waals surface area contributed by atoms with Crippen molar-refractivity contribution in [1.82, 2.24) is 0 Å². The van der Waals surface area contributed by atoms with Gasteiger partial charge in [0.25, 0.3) is 0 Å². The van der Waals surface area contributed by atoms with Crippen LogP contribution in [-0.4, -0.2) is 36.9 Å². The molecule has 0 aromatic heterocycles. The molecule has 1 N–H and O–H groups in total. The second kappa shape index (κ2) is 5.07. The normalized spacial score (nSPS) is 19.3. The van der Waals surface area contributed by atoms with Crippen LogP contribution in [0.1, 0.15) is 11.1 Å². The summed E-state index contributed by atoms with van der Waals surface area (Å²) in [7, 11) is 0. The monoisotopic (exact) mass is 246 g/mol. The predicted octanol–water partition coefficient (Wildman–Crippen LogP) is 1.16. The van der Waals surface area contributed by atoms with Gasteiger partial charge in [0.2, 0.25) is 0 Å². The zero-order valence-corrected chi connectivity index (χ0v) is 10.1. The molecule has 0 bridgehead atoms. The number of aryl methyl sites for hydroxylation is 1. The molecule has 0 aliphatic carbocycles. The average molecular weight is 246 g/mol. The molecular formula is C13H14N2O3. The minimum absolute atomic E-state index is 0.147. The molecule has 1 heterocycles. The number of ether oxygens (including phenoxy) is 1. The van der Waals surface area contributed by atoms with E-state index in [0.29, 0.717) is 24.4 Å². The Bertz CT molecular complexity index is 507. The summed E-state index contributed by atoms with van der Waals surface area (Å²) in [4.78, 5) is 13.0. The van der Waals surface area contributed by atoms with Gasteiger partial charge in [-0.25, -0.2) is 4.79 Å². The Morgan fingerprint density at radius 2 is 2.39 bits per heavy atom. The highest BCUT2D eigenvalue weighted by Crippen LogP contribution is 2.27. The van der Waals surface area contributed by atoms with E-state index >= 15 is 0 Å². The van der Waals surface area contributed by atoms with E-state index in [-0.39, 0.29) is 6.61 Å². The second-order valence-corrected chi connectivity index (χ2v) is 4.21. The van der Waals surface area contributed by atoms with E-state index in [9.17, 15) is 9.90 Å². The van der Waals surface area contributed by atoms with E-state index in [1.54, 1.807) is 17.0 Å². The third-order valence-corrected chi connectivity index (χ3v) is 3.06. The lowest BCUT2D eigenvalue weighted by Crippen LogP contribution is -2.50. The molecular weight excluding hydrogens is 232 g/mol. The van der Waals surface area contributed by atoms with Crippen LogP contribution in [0.5, 0.6) is 0 Å². The van der Waals surface area contributed by atoms with Gasteiger partial charge >= 0.3 is 5.97 Å². The van der Waals surface area contributed by atoms with Gasteiger partial charge in [0.05, 0.1) is 24.5 Å². The highest BCUT2D eigenvalue weighted by molar-refractivity contribution is 5.80. The number of benzene rings is 1. The Hall–Kier alpha value is -2.06. The van der Waals surface area contributed by atoms with Crippen LogP contribution < -0.4 is 4.90 Å². The quantitative estimate of drug-likeness (QED) is 0.847. The molecule has 0 amide bonds. The van der Waals surface area contributed by atoms with Gasteiger partial charge < -0.3 is 14.7 Å². The molecule has 1 saturated heterocycles. The highest BCUT2D eigenvalue weighted by Gasteiger charge is 2.31. The number of aliphatic carboxylic acids is 1. The summed E-state index contributed by atoms with van der Waals surface area (Å²) in [5.74, 6) is -0.929. The molecule has 94 valence electrons. The van der Waals surface area contributed by atoms with Gasteiger partial charge in [0.1, 0.15) is 6.07 Å². The van der Waals surface area contributed by atoms with Crippen LogP contribution in [0.25, 0.3) is 0 Å². The highest BCUT2D eigenvalue weighted by atomic mass is 16.5. The van der Waals surface area contributed by atoms with Crippen LogP contribution in [0, 0.1) is 18.3 Å². The smallest absolute Gasteiger partial charge is 0.328 e. The molecule has 18 heavy (non-hydrogen) atoms. The molecule has 1 aliphatic rings. The van der Waals surface area contributed by atoms with Gasteiger partial charge in [-0.2, -0.15) is 5.26 Å². The van der Waals surface area contributed by atoms with E-state index < -0.39 is 12.0 Å². The van der Waals surface area contributed by atoms with Crippen LogP contribution >= 0.6 is 0 Å². The minimum atomic E-state index is -0.929. The molecule has 1 aromatic carbocycles. The van der Waals surface area contributed by atoms with E-state index in [0.717, 1.165) is 5.56 Å². The first-order valence-corrected chi connectivity index (χ1v) is 5.72. The first-order valence-electron chi connectivity index (χ1n) is 5.72. The minimum Gasteiger partial charge on any atom is -0.480 e. The molecule has 1 aromatic rings. The van der Waals surface area contributed by atoms with Gasteiger partial charge in [-0.05, 0) is 18.6 Å². The number of carbonyl (C=O) groups is 1. The molecule has 1 aliphatic heterocycles. The van der Waals surface area contributed by atoms with Crippen molar-refractivity contribution < 1.29 is 14.6 Å². The van der Waals surface area contributed by atoms with E-state index in [2.05, 4.69) is 6.07 Å². The van der Waals surface area contributed by atoms with Crippen LogP contribution in [-0.2, 0) is 9.53 Å². The van der Waals surface area contributed by atoms with Crippen molar-refractivity contribution in [2.45, 2.75) is 13.0 Å². The molecule has 5 heteroatoms. The summed E-state index contributed by atoms with van der Waals surface area (Å²) in [5.41, 5.74) is 2.11. The van der Waals surface area contributed by atoms with Crippen LogP contribution in [0.2, 0.25) is 0 Å². The fourth-order valence-electron chi connectivity index (χ4n) is 2.21. The van der Waals surface area contributed by atoms with Gasteiger partial charge in [-0.3, -0.25) is 0 Å². The zero-order chi connectivity index (χ0) is 13.1. The number of anilines is 1. The lowest BCUT2D eigenvalue weighted by molar-refractivity contribution is -0.141. The Morgan fingerprint density at radius 3 is 3.06 bits per heavy atom. The number of carboxylic acids is 1. The number of rotatable bonds is 2. The third kappa shape index (κ3) is 2.15. The van der Waals surface area contributed by atoms with Crippen molar-refractivity contribution in [3.63, 3.8) is 0 Å². The summed E-state index contributed by atoms with van der Waals surface area (Å²) in [6.45, 7) is 2.98. The number of nitrogens with zero attached hydrogens (tertiary/aromatic N) is 2. The van der Waals surface area contributed by atoms with E-state index in [4.69, 9.17) is 10.00 Å². The topological polar surface area (TPSA) is 73.6 Å². The second-order valence-electron chi connectivity index (χ2n) is 4.21. The van der Waals surface area contributed by atoms with E-state index in [1.165, 1.54) is 0 Å². The maximum absolute atomic E-state index is 11.2. The lowest BCUT2D eigenvalue weighted by atomic mass is 10.0. The zero-order valence-electron chi connectivity index (χ0n) is 10.1. The first kappa shape index (κ1) is 12.4. The molecule has 0 spiro atoms. The summed E-state index contributed by atoms with van der Waals surface area (Å²) in [6, 6.07) is 6.77. The Morgan fingerprint density at radius 1 is 1.61 bits per heavy atom. The third-order valence-electron chi connectivity index (χ3n) is 3.06. The van der Waals surface area contributed by atoms with Crippen molar-refractivity contribution in [3.8, 4) is 6.07 Å². The van der Waals surface area contributed by atoms with Crippen molar-refractivity contribution >= 4 is 11.7 Å². The molecule has 0 radical (unpaired) electrons. The lowest BCUT2D eigenvalue weighted by Gasteiger charge is -2.36. The van der Waals surface area contributed by atoms with Crippen LogP contribution in [0.4, 0.5) is 5.69 Å². The number of nitriles is 1. The van der Waals surface area contributed by atoms with Gasteiger partial charge in [-0.1, -0.05) is 12.1 Å². The van der Waals surface area contributed by atoms with Gasteiger partial charge in [0, 0.05) is 6.54 Å². The number of hydrogen-bond acceptors (Lipinski definition) is 4. The molecule has 0 saturated carbocycles. The van der Waals surface area contributed by atoms with Crippen LogP contribution in [0.15, 0.2) is 18.2 Å². The molecule has 1 unspecified atom stereocenters. The Balaban J connectivity index is 2.46. The SMILES string of the molecule is Cc1cccc(C#N)c1N1CCOCC1C(=O)O. The Labute approximate surface area is 105 Å². The summed E-state index contributed by atoms with van der Waals surface area (Å²) < 4.78 is 5.20. The van der Waals surface area contributed by atoms with Crippen LogP contribution in [0.3, 0.4) is 0 Å². The molecule has 2 rings (SSSR count). The first-order chi connectivity index (χ1) is 8.65. The van der Waals surface area contributed by atoms with Crippen molar-refractivity contribution in [2.24, 2.45) is 0 Å². The van der Waals surface area contributed by atoms with Crippen molar-refractivity contribution in [2.75, 3.05) is 24.7 Å². The number of para-hydroxylation sites is 1. The summed E-state index contributed by atoms with van der Waals surface area (Å²) in [5, 5.41) is 18.4. The van der Waals surface area contributed by atoms with E-state index in [1.807, 2.05) is 13.0 Å². The van der Waals surface area contributed by atoms with Gasteiger partial charge in [-0.15, -0.1) is 0 Å². The fourth-order valence-corrected chi connectivity index (χ4v) is 2.21. The Kier molecular flexibility index (Phi) is 3.49. The summed E-state index contributed by atoms with van der Waals surface area (Å²) in [6.07, 6.45) is 0. The van der Waals surface area contributed by atoms with Crippen molar-refractivity contribution in [3.05, 3.63) is 29.3 Å². The summed E-state index contributed by atoms with van der Waals surface area (Å²) >= 11 is 0. The van der Waals surface area contributed by atoms with Crippen molar-refractivity contribution in [1.29, 1.82) is 5.26 Å². The maximum atomic E-state index is 11.2. The number of morpholine rings is 1. The maximum Gasteiger partial charge on any atom is 0.328 e. The fraction of sp³-hybridized carbons (Fsp3) is 0.385. The number of carboxylic acid groups (broad SMARTS) is 1. The standard InChI is InChI=1S/C13H14N2O3/c1-9-3-2-4-10(7-14)12(9)15-5-6-18-8-11(15)13(16)17/h2-4,11H,5-6,8H2,1H3,(H,16,17). The number of hydrogen-bond donors (Lipinski definition) is 1. The molecule has 1 fully saturated rings. The average Bonchev–Trinajstić information content (AvgIpc) is 2.38. The largest absolute Gasteiger partial charge is 0.480 e. The predicted molar refractivity (Wildman–Crippen MR) is 65.5 cm³/mol. The van der Waals surface area contributed by atoms with Gasteiger partial charge in [0.15, 0.2) is 6.04 Å². The molecule has 5 nitrogen and oxygen atoms in total.